The lowest BCUT2D eigenvalue weighted by Crippen LogP contribution is -2.49. The van der Waals surface area contributed by atoms with Gasteiger partial charge in [-0.15, -0.1) is 0 Å². The van der Waals surface area contributed by atoms with Gasteiger partial charge in [-0.3, -0.25) is 0 Å². The van der Waals surface area contributed by atoms with E-state index in [0.29, 0.717) is 12.1 Å². The van der Waals surface area contributed by atoms with Gasteiger partial charge in [-0.05, 0) is 29.0 Å². The zero-order valence-electron chi connectivity index (χ0n) is 12.3. The minimum atomic E-state index is -5.10. The second-order valence-corrected chi connectivity index (χ2v) is 5.00. The van der Waals surface area contributed by atoms with E-state index in [1.54, 1.807) is 0 Å². The lowest BCUT2D eigenvalue weighted by Gasteiger charge is -2.31. The molecule has 1 unspecified atom stereocenters. The van der Waals surface area contributed by atoms with Crippen LogP contribution >= 0.6 is 0 Å². The van der Waals surface area contributed by atoms with Gasteiger partial charge in [0.1, 0.15) is 6.04 Å². The molecule has 0 bridgehead atoms. The van der Waals surface area contributed by atoms with Gasteiger partial charge in [-0.2, -0.15) is 36.5 Å². The fraction of sp³-hybridized carbons (Fsp3) is 0.333. The van der Waals surface area contributed by atoms with Gasteiger partial charge in [0.25, 0.3) is 0 Å². The number of alkyl halides is 6. The van der Waals surface area contributed by atoms with Gasteiger partial charge >= 0.3 is 24.5 Å². The number of hydrogen-bond acceptors (Lipinski definition) is 4. The van der Waals surface area contributed by atoms with Crippen molar-refractivity contribution in [2.24, 2.45) is 10.3 Å². The van der Waals surface area contributed by atoms with Crippen molar-refractivity contribution >= 4 is 12.2 Å². The molecule has 0 spiro atoms. The van der Waals surface area contributed by atoms with Crippen LogP contribution in [0.5, 0.6) is 0 Å². The van der Waals surface area contributed by atoms with Crippen LogP contribution in [0, 0.1) is 0 Å². The lowest BCUT2D eigenvalue weighted by atomic mass is 9.99. The third-order valence-electron chi connectivity index (χ3n) is 3.24. The SMILES string of the molecule is O=C(O)N1CC(c2cc(C(F)(F)F)cc(C(F)(F)F)c2)N=NN1C(=O)O. The number of benzene rings is 1. The Morgan fingerprint density at radius 1 is 0.962 bits per heavy atom. The summed E-state index contributed by atoms with van der Waals surface area (Å²) in [5.74, 6) is 0. The molecule has 1 heterocycles. The van der Waals surface area contributed by atoms with Gasteiger partial charge < -0.3 is 10.2 Å². The summed E-state index contributed by atoms with van der Waals surface area (Å²) in [5, 5.41) is 24.1. The molecular weight excluding hydrogens is 378 g/mol. The fourth-order valence-electron chi connectivity index (χ4n) is 2.08. The van der Waals surface area contributed by atoms with E-state index in [1.165, 1.54) is 0 Å². The molecule has 1 aliphatic heterocycles. The minimum absolute atomic E-state index is 0.0908. The quantitative estimate of drug-likeness (QED) is 0.711. The summed E-state index contributed by atoms with van der Waals surface area (Å²) < 4.78 is 77.2. The maximum absolute atomic E-state index is 12.9. The van der Waals surface area contributed by atoms with Gasteiger partial charge in [-0.1, -0.05) is 5.12 Å². The molecule has 26 heavy (non-hydrogen) atoms. The highest BCUT2D eigenvalue weighted by Crippen LogP contribution is 2.38. The first-order valence-corrected chi connectivity index (χ1v) is 6.54. The molecule has 142 valence electrons. The third-order valence-corrected chi connectivity index (χ3v) is 3.24. The van der Waals surface area contributed by atoms with Crippen molar-refractivity contribution in [2.75, 3.05) is 6.54 Å². The molecule has 14 heteroatoms. The highest BCUT2D eigenvalue weighted by molar-refractivity contribution is 5.71. The van der Waals surface area contributed by atoms with Crippen molar-refractivity contribution in [3.05, 3.63) is 34.9 Å². The van der Waals surface area contributed by atoms with Crippen molar-refractivity contribution < 1.29 is 46.1 Å². The predicted molar refractivity (Wildman–Crippen MR) is 68.6 cm³/mol. The van der Waals surface area contributed by atoms with E-state index in [4.69, 9.17) is 10.2 Å². The maximum Gasteiger partial charge on any atom is 0.449 e. The molecule has 1 aliphatic rings. The highest BCUT2D eigenvalue weighted by atomic mass is 19.4. The number of hydrogen-bond donors (Lipinski definition) is 2. The normalized spacial score (nSPS) is 18.2. The Bertz CT molecular complexity index is 731. The molecule has 2 rings (SSSR count). The summed E-state index contributed by atoms with van der Waals surface area (Å²) in [7, 11) is 0. The molecule has 2 N–H and O–H groups in total. The van der Waals surface area contributed by atoms with Crippen LogP contribution < -0.4 is 0 Å². The van der Waals surface area contributed by atoms with Gasteiger partial charge in [-0.25, -0.2) is 9.59 Å². The summed E-state index contributed by atoms with van der Waals surface area (Å²) in [5.41, 5.74) is -3.84. The monoisotopic (exact) mass is 386 g/mol. The summed E-state index contributed by atoms with van der Waals surface area (Å²) in [6, 6.07) is -0.919. The van der Waals surface area contributed by atoms with Gasteiger partial charge in [0, 0.05) is 0 Å². The average molecular weight is 386 g/mol. The number of nitrogens with zero attached hydrogens (tertiary/aromatic N) is 4. The van der Waals surface area contributed by atoms with Crippen LogP contribution in [0.15, 0.2) is 28.5 Å². The first kappa shape index (κ1) is 19.3. The van der Waals surface area contributed by atoms with E-state index in [0.717, 1.165) is 0 Å². The fourth-order valence-corrected chi connectivity index (χ4v) is 2.08. The van der Waals surface area contributed by atoms with E-state index in [2.05, 4.69) is 10.3 Å². The molecule has 1 aromatic rings. The number of hydrazine groups is 1. The van der Waals surface area contributed by atoms with E-state index >= 15 is 0 Å². The van der Waals surface area contributed by atoms with Crippen molar-refractivity contribution in [1.82, 2.24) is 10.1 Å². The van der Waals surface area contributed by atoms with E-state index < -0.39 is 53.8 Å². The molecule has 8 nitrogen and oxygen atoms in total. The molecule has 0 saturated carbocycles. The summed E-state index contributed by atoms with van der Waals surface area (Å²) in [6.45, 7) is -0.844. The van der Waals surface area contributed by atoms with Crippen molar-refractivity contribution in [2.45, 2.75) is 18.4 Å². The summed E-state index contributed by atoms with van der Waals surface area (Å²) in [4.78, 5) is 21.9. The molecule has 1 atom stereocenters. The topological polar surface area (TPSA) is 106 Å². The number of amides is 2. The predicted octanol–water partition coefficient (Wildman–Crippen LogP) is 4.02. The van der Waals surface area contributed by atoms with Crippen molar-refractivity contribution in [1.29, 1.82) is 0 Å². The van der Waals surface area contributed by atoms with Gasteiger partial charge in [0.05, 0.1) is 17.7 Å². The van der Waals surface area contributed by atoms with E-state index in [1.807, 2.05) is 0 Å². The van der Waals surface area contributed by atoms with Crippen LogP contribution in [0.2, 0.25) is 0 Å². The van der Waals surface area contributed by atoms with E-state index in [-0.39, 0.29) is 16.2 Å². The second kappa shape index (κ2) is 6.34. The highest BCUT2D eigenvalue weighted by Gasteiger charge is 2.39. The Labute approximate surface area is 139 Å². The number of carboxylic acid groups (broad SMARTS) is 2. The first-order chi connectivity index (χ1) is 11.8. The van der Waals surface area contributed by atoms with Crippen LogP contribution in [0.4, 0.5) is 35.9 Å². The molecular formula is C12H8F6N4O4. The van der Waals surface area contributed by atoms with Crippen LogP contribution in [0.25, 0.3) is 0 Å². The van der Waals surface area contributed by atoms with Crippen LogP contribution in [-0.4, -0.2) is 39.1 Å². The molecule has 0 aromatic heterocycles. The standard InChI is InChI=1S/C12H8F6N4O4/c13-11(14,15)6-1-5(2-7(3-6)12(16,17)18)8-4-21(9(23)24)22(10(25)26)20-19-8/h1-3,8H,4H2,(H,23,24)(H,25,26). The Morgan fingerprint density at radius 2 is 1.46 bits per heavy atom. The Morgan fingerprint density at radius 3 is 1.85 bits per heavy atom. The molecule has 0 radical (unpaired) electrons. The summed E-state index contributed by atoms with van der Waals surface area (Å²) in [6.07, 6.45) is -13.9. The summed E-state index contributed by atoms with van der Waals surface area (Å²) >= 11 is 0. The molecule has 1 aromatic carbocycles. The number of carbonyl (C=O) groups is 2. The van der Waals surface area contributed by atoms with Crippen LogP contribution in [-0.2, 0) is 12.4 Å². The molecule has 2 amide bonds. The second-order valence-electron chi connectivity index (χ2n) is 5.00. The zero-order chi connectivity index (χ0) is 19.9. The van der Waals surface area contributed by atoms with Crippen LogP contribution in [0.1, 0.15) is 22.7 Å². The maximum atomic E-state index is 12.9. The number of halogens is 6. The molecule has 0 saturated heterocycles. The van der Waals surface area contributed by atoms with E-state index in [9.17, 15) is 35.9 Å². The Kier molecular flexibility index (Phi) is 4.70. The van der Waals surface area contributed by atoms with Gasteiger partial charge in [0.2, 0.25) is 0 Å². The van der Waals surface area contributed by atoms with Crippen molar-refractivity contribution in [3.8, 4) is 0 Å². The molecule has 0 aliphatic carbocycles. The lowest BCUT2D eigenvalue weighted by molar-refractivity contribution is -0.143. The van der Waals surface area contributed by atoms with Gasteiger partial charge in [0.15, 0.2) is 0 Å². The number of rotatable bonds is 1. The van der Waals surface area contributed by atoms with Crippen LogP contribution in [0.3, 0.4) is 0 Å². The Balaban J connectivity index is 2.52. The molecule has 0 fully saturated rings. The zero-order valence-corrected chi connectivity index (χ0v) is 12.3. The largest absolute Gasteiger partial charge is 0.464 e. The van der Waals surface area contributed by atoms with Crippen molar-refractivity contribution in [3.63, 3.8) is 0 Å². The Hall–Kier alpha value is -3.06. The average Bonchev–Trinajstić information content (AvgIpc) is 2.52. The minimum Gasteiger partial charge on any atom is -0.464 e. The smallest absolute Gasteiger partial charge is 0.449 e. The third kappa shape index (κ3) is 3.94. The first-order valence-electron chi connectivity index (χ1n) is 6.54.